The fourth-order valence-electron chi connectivity index (χ4n) is 3.72. The van der Waals surface area contributed by atoms with E-state index < -0.39 is 42.6 Å². The van der Waals surface area contributed by atoms with E-state index in [1.807, 2.05) is 0 Å². The van der Waals surface area contributed by atoms with Gasteiger partial charge in [-0.2, -0.15) is 13.2 Å². The minimum absolute atomic E-state index is 0.0272. The molecule has 39 heavy (non-hydrogen) atoms. The van der Waals surface area contributed by atoms with E-state index in [9.17, 15) is 32.3 Å². The van der Waals surface area contributed by atoms with Gasteiger partial charge in [0.05, 0.1) is 18.3 Å². The van der Waals surface area contributed by atoms with Crippen LogP contribution in [0.25, 0.3) is 17.1 Å². The number of nitrogens with zero attached hydrogens (tertiary/aromatic N) is 7. The summed E-state index contributed by atoms with van der Waals surface area (Å²) in [6, 6.07) is 8.42. The molecule has 1 aromatic carbocycles. The highest BCUT2D eigenvalue weighted by Gasteiger charge is 2.40. The Morgan fingerprint density at radius 2 is 1.90 bits per heavy atom. The van der Waals surface area contributed by atoms with E-state index >= 15 is 0 Å². The third-order valence-corrected chi connectivity index (χ3v) is 6.12. The molecule has 3 atom stereocenters. The molecule has 1 aliphatic rings. The van der Waals surface area contributed by atoms with Gasteiger partial charge in [-0.25, -0.2) is 28.5 Å². The lowest BCUT2D eigenvalue weighted by molar-refractivity contribution is -0.207. The molecule has 11 nitrogen and oxygen atoms in total. The summed E-state index contributed by atoms with van der Waals surface area (Å²) in [5.74, 6) is -0.683. The number of aliphatic hydroxyl groups excluding tert-OH is 1. The van der Waals surface area contributed by atoms with E-state index in [0.29, 0.717) is 15.2 Å². The number of benzene rings is 1. The highest BCUT2D eigenvalue weighted by atomic mass is 35.5. The first kappa shape index (κ1) is 26.5. The Bertz CT molecular complexity index is 1570. The van der Waals surface area contributed by atoms with Crippen molar-refractivity contribution < 1.29 is 27.5 Å². The number of amides is 1. The summed E-state index contributed by atoms with van der Waals surface area (Å²) >= 11 is 5.90. The van der Waals surface area contributed by atoms with Crippen LogP contribution >= 0.6 is 11.6 Å². The van der Waals surface area contributed by atoms with E-state index in [0.717, 1.165) is 4.68 Å². The maximum Gasteiger partial charge on any atom is 0.416 e. The summed E-state index contributed by atoms with van der Waals surface area (Å²) in [4.78, 5) is 33.8. The van der Waals surface area contributed by atoms with Crippen molar-refractivity contribution in [2.45, 2.75) is 44.0 Å². The van der Waals surface area contributed by atoms with Gasteiger partial charge in [-0.3, -0.25) is 9.36 Å². The Hall–Kier alpha value is -4.11. The lowest BCUT2D eigenvalue weighted by atomic mass is 10.2. The van der Waals surface area contributed by atoms with Gasteiger partial charge in [0.2, 0.25) is 0 Å². The average Bonchev–Trinajstić information content (AvgIpc) is 3.26. The Morgan fingerprint density at radius 1 is 1.18 bits per heavy atom. The SMILES string of the molecule is O=C(N[C@H]1C[C@H]1F)c1ncccc1-n1cnc(Cn2nc(-c3ccc(Cl)cc3)n(C[C@@H](O)C(F)(F)F)c2=O)n1. The number of alkyl halides is 4. The van der Waals surface area contributed by atoms with Gasteiger partial charge in [0.15, 0.2) is 23.4 Å². The topological polar surface area (TPSA) is 133 Å². The van der Waals surface area contributed by atoms with Crippen LogP contribution in [0.3, 0.4) is 0 Å². The molecule has 0 bridgehead atoms. The molecule has 1 fully saturated rings. The minimum atomic E-state index is -4.96. The zero-order chi connectivity index (χ0) is 27.9. The van der Waals surface area contributed by atoms with Crippen LogP contribution in [0.15, 0.2) is 53.7 Å². The Balaban J connectivity index is 1.44. The van der Waals surface area contributed by atoms with E-state index in [1.165, 1.54) is 47.5 Å². The number of aliphatic hydroxyl groups is 1. The first-order chi connectivity index (χ1) is 18.5. The number of carbonyl (C=O) groups excluding carboxylic acids is 1. The second-order valence-electron chi connectivity index (χ2n) is 8.75. The smallest absolute Gasteiger partial charge is 0.382 e. The Labute approximate surface area is 221 Å². The van der Waals surface area contributed by atoms with Crippen molar-refractivity contribution >= 4 is 17.5 Å². The van der Waals surface area contributed by atoms with Crippen LogP contribution in [0.2, 0.25) is 5.02 Å². The molecule has 16 heteroatoms. The molecule has 1 saturated carbocycles. The third-order valence-electron chi connectivity index (χ3n) is 5.87. The summed E-state index contributed by atoms with van der Waals surface area (Å²) in [7, 11) is 0. The largest absolute Gasteiger partial charge is 0.416 e. The monoisotopic (exact) mass is 566 g/mol. The van der Waals surface area contributed by atoms with Gasteiger partial charge in [0.25, 0.3) is 5.91 Å². The molecule has 1 amide bonds. The molecule has 0 aliphatic heterocycles. The number of carbonyl (C=O) groups is 1. The van der Waals surface area contributed by atoms with Gasteiger partial charge >= 0.3 is 11.9 Å². The second-order valence-corrected chi connectivity index (χ2v) is 9.18. The second kappa shape index (κ2) is 10.2. The molecule has 0 saturated heterocycles. The summed E-state index contributed by atoms with van der Waals surface area (Å²) in [5.41, 5.74) is -0.440. The lowest BCUT2D eigenvalue weighted by Gasteiger charge is -2.15. The van der Waals surface area contributed by atoms with Crippen molar-refractivity contribution in [2.24, 2.45) is 0 Å². The van der Waals surface area contributed by atoms with Gasteiger partial charge in [-0.1, -0.05) is 11.6 Å². The molecule has 2 N–H and O–H groups in total. The van der Waals surface area contributed by atoms with E-state index in [-0.39, 0.29) is 36.0 Å². The molecule has 204 valence electrons. The summed E-state index contributed by atoms with van der Waals surface area (Å²) in [6.45, 7) is -1.42. The summed E-state index contributed by atoms with van der Waals surface area (Å²) in [6.07, 6.45) is -6.01. The normalized spacial score (nSPS) is 17.7. The average molecular weight is 567 g/mol. The first-order valence-electron chi connectivity index (χ1n) is 11.5. The van der Waals surface area contributed by atoms with Crippen molar-refractivity contribution in [2.75, 3.05) is 0 Å². The first-order valence-corrected chi connectivity index (χ1v) is 11.9. The van der Waals surface area contributed by atoms with Crippen LogP contribution in [0.1, 0.15) is 22.7 Å². The van der Waals surface area contributed by atoms with Gasteiger partial charge in [0.1, 0.15) is 19.0 Å². The standard InChI is InChI=1S/C23H19ClF4N8O3/c24-13-5-3-12(4-6-13)20-33-35(22(39)34(20)9-17(37)23(26,27)28)10-18-30-11-36(32-18)16-2-1-7-29-19(16)21(38)31-15-8-14(15)25/h1-7,11,14-15,17,37H,8-10H2,(H,31,38)/t14-,15+,17-/m1/s1. The molecule has 4 aromatic rings. The molecule has 0 spiro atoms. The highest BCUT2D eigenvalue weighted by molar-refractivity contribution is 6.30. The van der Waals surface area contributed by atoms with Gasteiger partial charge < -0.3 is 10.4 Å². The van der Waals surface area contributed by atoms with Crippen molar-refractivity contribution in [3.05, 3.63) is 75.9 Å². The Kier molecular flexibility index (Phi) is 6.94. The molecular weight excluding hydrogens is 548 g/mol. The zero-order valence-corrected chi connectivity index (χ0v) is 20.5. The fraction of sp³-hybridized carbons (Fsp3) is 0.304. The zero-order valence-electron chi connectivity index (χ0n) is 19.8. The number of rotatable bonds is 8. The number of pyridine rings is 1. The third kappa shape index (κ3) is 5.68. The maximum absolute atomic E-state index is 13.2. The molecule has 5 rings (SSSR count). The van der Waals surface area contributed by atoms with Crippen LogP contribution in [0.4, 0.5) is 17.6 Å². The van der Waals surface area contributed by atoms with Crippen molar-refractivity contribution in [3.8, 4) is 17.1 Å². The van der Waals surface area contributed by atoms with Crippen LogP contribution in [0, 0.1) is 0 Å². The number of hydrogen-bond donors (Lipinski definition) is 2. The van der Waals surface area contributed by atoms with Crippen molar-refractivity contribution in [3.63, 3.8) is 0 Å². The van der Waals surface area contributed by atoms with Gasteiger partial charge in [-0.15, -0.1) is 10.2 Å². The number of nitrogens with one attached hydrogen (secondary N) is 1. The summed E-state index contributed by atoms with van der Waals surface area (Å²) < 4.78 is 55.2. The molecule has 3 aromatic heterocycles. The number of halogens is 5. The molecule has 0 radical (unpaired) electrons. The molecule has 1 aliphatic carbocycles. The van der Waals surface area contributed by atoms with Crippen LogP contribution in [0.5, 0.6) is 0 Å². The number of aromatic nitrogens is 7. The van der Waals surface area contributed by atoms with Crippen LogP contribution < -0.4 is 11.0 Å². The fourth-order valence-corrected chi connectivity index (χ4v) is 3.85. The number of hydrogen-bond acceptors (Lipinski definition) is 7. The highest BCUT2D eigenvalue weighted by Crippen LogP contribution is 2.26. The molecule has 0 unspecified atom stereocenters. The predicted octanol–water partition coefficient (Wildman–Crippen LogP) is 2.15. The van der Waals surface area contributed by atoms with E-state index in [4.69, 9.17) is 11.6 Å². The van der Waals surface area contributed by atoms with Crippen LogP contribution in [-0.4, -0.2) is 69.6 Å². The van der Waals surface area contributed by atoms with Crippen LogP contribution in [-0.2, 0) is 13.1 Å². The quantitative estimate of drug-likeness (QED) is 0.312. The Morgan fingerprint density at radius 3 is 2.56 bits per heavy atom. The summed E-state index contributed by atoms with van der Waals surface area (Å²) in [5, 5.41) is 20.9. The lowest BCUT2D eigenvalue weighted by Crippen LogP contribution is -2.37. The maximum atomic E-state index is 13.2. The minimum Gasteiger partial charge on any atom is -0.382 e. The van der Waals surface area contributed by atoms with Crippen molar-refractivity contribution in [1.29, 1.82) is 0 Å². The van der Waals surface area contributed by atoms with Gasteiger partial charge in [-0.05, 0) is 36.4 Å². The predicted molar refractivity (Wildman–Crippen MR) is 128 cm³/mol. The molecule has 3 heterocycles. The molecular formula is C23H19ClF4N8O3. The van der Waals surface area contributed by atoms with E-state index in [1.54, 1.807) is 6.07 Å². The van der Waals surface area contributed by atoms with Crippen molar-refractivity contribution in [1.82, 2.24) is 39.4 Å². The van der Waals surface area contributed by atoms with E-state index in [2.05, 4.69) is 25.5 Å². The van der Waals surface area contributed by atoms with Gasteiger partial charge in [0, 0.05) is 23.2 Å².